The fraction of sp³-hybridized carbons (Fsp3) is 0.308. The minimum Gasteiger partial charge on any atom is -0.398 e. The topological polar surface area (TPSA) is 92.5 Å². The van der Waals surface area contributed by atoms with Crippen LogP contribution in [0.4, 0.5) is 10.1 Å². The molecule has 0 radical (unpaired) electrons. The van der Waals surface area contributed by atoms with E-state index < -0.39 is 41.6 Å². The van der Waals surface area contributed by atoms with Crippen LogP contribution in [0, 0.1) is 5.82 Å². The molecular formula is C13H12FN3O3. The van der Waals surface area contributed by atoms with Crippen LogP contribution in [0.5, 0.6) is 0 Å². The summed E-state index contributed by atoms with van der Waals surface area (Å²) in [5.74, 6) is -3.59. The van der Waals surface area contributed by atoms with Gasteiger partial charge < -0.3 is 10.6 Å². The summed E-state index contributed by atoms with van der Waals surface area (Å²) in [5.41, 5.74) is 5.08. The minimum absolute atomic E-state index is 0.0581. The third-order valence-electron chi connectivity index (χ3n) is 3.31. The van der Waals surface area contributed by atoms with Crippen molar-refractivity contribution in [3.63, 3.8) is 0 Å². The zero-order chi connectivity index (χ0) is 17.1. The van der Waals surface area contributed by atoms with E-state index in [4.69, 9.17) is 9.85 Å². The molecule has 1 fully saturated rings. The number of piperidine rings is 1. The standard InChI is InChI=1S/C13H12FN3O3/c14-6-3-7-8(9(15)4-6)5-17(13(7)20)10-1-2-11(18)16-12(10)19/h3-4,10H,1-2,5,15H2,(H,16,18,19)/t10-/m0/s1/i3D,4D,10D. The number of hydrogen-bond donors (Lipinski definition) is 2. The fourth-order valence-electron chi connectivity index (χ4n) is 2.34. The Labute approximate surface area is 117 Å². The van der Waals surface area contributed by atoms with E-state index in [1.807, 2.05) is 5.32 Å². The monoisotopic (exact) mass is 280 g/mol. The Morgan fingerprint density at radius 1 is 1.45 bits per heavy atom. The third kappa shape index (κ3) is 1.82. The molecule has 0 bridgehead atoms. The minimum atomic E-state index is -2.04. The first kappa shape index (κ1) is 9.46. The van der Waals surface area contributed by atoms with Gasteiger partial charge >= 0.3 is 0 Å². The molecule has 3 rings (SSSR count). The highest BCUT2D eigenvalue weighted by atomic mass is 19.1. The quantitative estimate of drug-likeness (QED) is 0.566. The van der Waals surface area contributed by atoms with Crippen LogP contribution in [-0.2, 0) is 16.1 Å². The number of halogens is 1. The average molecular weight is 280 g/mol. The van der Waals surface area contributed by atoms with E-state index >= 15 is 0 Å². The number of nitrogens with zero attached hydrogens (tertiary/aromatic N) is 1. The maximum absolute atomic E-state index is 13.8. The highest BCUT2D eigenvalue weighted by Gasteiger charge is 2.39. The summed E-state index contributed by atoms with van der Waals surface area (Å²) >= 11 is 0. The molecule has 0 saturated carbocycles. The maximum atomic E-state index is 13.8. The highest BCUT2D eigenvalue weighted by Crippen LogP contribution is 2.31. The molecule has 2 aliphatic heterocycles. The number of benzene rings is 1. The normalized spacial score (nSPS) is 27.8. The molecule has 0 unspecified atom stereocenters. The highest BCUT2D eigenvalue weighted by molar-refractivity contribution is 6.06. The molecule has 1 aromatic rings. The molecule has 3 amide bonds. The second kappa shape index (κ2) is 4.29. The first-order valence-electron chi connectivity index (χ1n) is 7.41. The van der Waals surface area contributed by atoms with Gasteiger partial charge in [0.2, 0.25) is 11.8 Å². The Bertz CT molecular complexity index is 786. The van der Waals surface area contributed by atoms with Gasteiger partial charge in [0.1, 0.15) is 11.8 Å². The number of carbonyl (C=O) groups excluding carboxylic acids is 3. The van der Waals surface area contributed by atoms with Gasteiger partial charge in [-0.3, -0.25) is 19.7 Å². The SMILES string of the molecule is [2H]c1c(N)c2c(c([2H])c1F)C(=O)N([C@@]1([2H])CCC(=O)NC1=O)C2. The first-order chi connectivity index (χ1) is 10.7. The van der Waals surface area contributed by atoms with Crippen molar-refractivity contribution in [2.75, 3.05) is 5.73 Å². The number of imide groups is 1. The number of nitrogens with one attached hydrogen (secondary N) is 1. The van der Waals surface area contributed by atoms with Gasteiger partial charge in [0.05, 0.1) is 4.11 Å². The van der Waals surface area contributed by atoms with Gasteiger partial charge in [0.25, 0.3) is 5.91 Å². The van der Waals surface area contributed by atoms with E-state index in [2.05, 4.69) is 0 Å². The number of anilines is 1. The Kier molecular flexibility index (Phi) is 2.03. The zero-order valence-electron chi connectivity index (χ0n) is 13.2. The largest absolute Gasteiger partial charge is 0.398 e. The molecule has 104 valence electrons. The predicted molar refractivity (Wildman–Crippen MR) is 66.9 cm³/mol. The summed E-state index contributed by atoms with van der Waals surface area (Å²) in [4.78, 5) is 36.6. The molecule has 2 heterocycles. The molecule has 1 atom stereocenters. The smallest absolute Gasteiger partial charge is 0.255 e. The van der Waals surface area contributed by atoms with Crippen LogP contribution in [0.25, 0.3) is 0 Å². The lowest BCUT2D eigenvalue weighted by molar-refractivity contribution is -0.136. The van der Waals surface area contributed by atoms with Crippen molar-refractivity contribution in [3.8, 4) is 0 Å². The first-order valence-corrected chi connectivity index (χ1v) is 5.91. The van der Waals surface area contributed by atoms with Crippen LogP contribution in [0.2, 0.25) is 0 Å². The van der Waals surface area contributed by atoms with Crippen molar-refractivity contribution in [1.82, 2.24) is 10.2 Å². The van der Waals surface area contributed by atoms with Crippen molar-refractivity contribution in [2.24, 2.45) is 0 Å². The van der Waals surface area contributed by atoms with Crippen molar-refractivity contribution in [2.45, 2.75) is 25.4 Å². The molecule has 1 aromatic carbocycles. The molecule has 1 saturated heterocycles. The van der Waals surface area contributed by atoms with Gasteiger partial charge in [-0.05, 0) is 18.5 Å². The van der Waals surface area contributed by atoms with Crippen LogP contribution in [0.1, 0.15) is 32.9 Å². The summed E-state index contributed by atoms with van der Waals surface area (Å²) in [6, 6.07) is -3.50. The molecule has 3 N–H and O–H groups in total. The van der Waals surface area contributed by atoms with Crippen molar-refractivity contribution in [3.05, 3.63) is 29.0 Å². The molecule has 6 nitrogen and oxygen atoms in total. The number of nitrogen functional groups attached to an aromatic ring is 1. The Hall–Kier alpha value is -2.44. The van der Waals surface area contributed by atoms with Crippen molar-refractivity contribution in [1.29, 1.82) is 0 Å². The molecule has 0 aromatic heterocycles. The second-order valence-corrected chi connectivity index (χ2v) is 4.55. The van der Waals surface area contributed by atoms with Crippen LogP contribution in [-0.4, -0.2) is 28.6 Å². The molecule has 20 heavy (non-hydrogen) atoms. The lowest BCUT2D eigenvalue weighted by atomic mass is 10.0. The second-order valence-electron chi connectivity index (χ2n) is 4.55. The number of fused-ring (bicyclic) bond motifs is 1. The Balaban J connectivity index is 2.08. The van der Waals surface area contributed by atoms with Gasteiger partial charge in [-0.2, -0.15) is 0 Å². The van der Waals surface area contributed by atoms with Gasteiger partial charge in [-0.25, -0.2) is 4.39 Å². The fourth-order valence-corrected chi connectivity index (χ4v) is 2.34. The third-order valence-corrected chi connectivity index (χ3v) is 3.31. The number of carbonyl (C=O) groups is 3. The summed E-state index contributed by atoms with van der Waals surface area (Å²) in [6.45, 7) is -0.289. The number of rotatable bonds is 1. The molecule has 7 heteroatoms. The van der Waals surface area contributed by atoms with Crippen LogP contribution < -0.4 is 11.1 Å². The molecule has 0 spiro atoms. The summed E-state index contributed by atoms with van der Waals surface area (Å²) in [5, 5.41) is 2.00. The number of hydrogen-bond acceptors (Lipinski definition) is 4. The van der Waals surface area contributed by atoms with Crippen molar-refractivity contribution < 1.29 is 22.9 Å². The average Bonchev–Trinajstić information content (AvgIpc) is 2.85. The van der Waals surface area contributed by atoms with E-state index in [0.717, 1.165) is 4.90 Å². The van der Waals surface area contributed by atoms with E-state index in [0.29, 0.717) is 0 Å². The predicted octanol–water partition coefficient (Wildman–Crippen LogP) is 0.169. The van der Waals surface area contributed by atoms with Gasteiger partial charge in [-0.15, -0.1) is 0 Å². The Morgan fingerprint density at radius 2 is 2.20 bits per heavy atom. The lowest BCUT2D eigenvalue weighted by Crippen LogP contribution is -2.52. The lowest BCUT2D eigenvalue weighted by Gasteiger charge is -2.29. The van der Waals surface area contributed by atoms with Gasteiger partial charge in [-0.1, -0.05) is 0 Å². The van der Waals surface area contributed by atoms with Crippen LogP contribution in [0.15, 0.2) is 12.1 Å². The van der Waals surface area contributed by atoms with Gasteiger partial charge in [0, 0.05) is 29.8 Å². The maximum Gasteiger partial charge on any atom is 0.255 e. The van der Waals surface area contributed by atoms with Crippen LogP contribution in [0.3, 0.4) is 0 Å². The van der Waals surface area contributed by atoms with Crippen LogP contribution >= 0.6 is 0 Å². The number of amides is 3. The summed E-state index contributed by atoms with van der Waals surface area (Å²) in [7, 11) is 0. The molecular weight excluding hydrogens is 265 g/mol. The van der Waals surface area contributed by atoms with Crippen molar-refractivity contribution >= 4 is 23.4 Å². The number of nitrogens with two attached hydrogens (primary N) is 1. The summed E-state index contributed by atoms with van der Waals surface area (Å²) < 4.78 is 37.3. The van der Waals surface area contributed by atoms with E-state index in [-0.39, 0.29) is 36.2 Å². The zero-order valence-corrected chi connectivity index (χ0v) is 10.2. The van der Waals surface area contributed by atoms with E-state index in [1.54, 1.807) is 0 Å². The summed E-state index contributed by atoms with van der Waals surface area (Å²) in [6.07, 6.45) is -0.322. The molecule has 2 aliphatic rings. The van der Waals surface area contributed by atoms with Gasteiger partial charge in [0.15, 0.2) is 0 Å². The Morgan fingerprint density at radius 3 is 2.90 bits per heavy atom. The van der Waals surface area contributed by atoms with E-state index in [9.17, 15) is 18.8 Å². The molecule has 0 aliphatic carbocycles. The van der Waals surface area contributed by atoms with E-state index in [1.165, 1.54) is 0 Å².